The largest absolute Gasteiger partial charge is 0.478 e. The lowest BCUT2D eigenvalue weighted by molar-refractivity contribution is 0.0692. The van der Waals surface area contributed by atoms with Crippen LogP contribution in [0.15, 0.2) is 42.5 Å². The molecule has 2 aromatic carbocycles. The summed E-state index contributed by atoms with van der Waals surface area (Å²) in [7, 11) is 0. The van der Waals surface area contributed by atoms with Crippen LogP contribution in [-0.4, -0.2) is 24.2 Å². The number of anilines is 1. The molecule has 0 saturated carbocycles. The third-order valence-electron chi connectivity index (χ3n) is 3.76. The van der Waals surface area contributed by atoms with Gasteiger partial charge in [-0.05, 0) is 11.6 Å². The number of halogens is 2. The van der Waals surface area contributed by atoms with Crippen LogP contribution in [0.2, 0.25) is 0 Å². The maximum absolute atomic E-state index is 13.8. The Morgan fingerprint density at radius 3 is 2.38 bits per heavy atom. The van der Waals surface area contributed by atoms with Gasteiger partial charge in [-0.15, -0.1) is 0 Å². The summed E-state index contributed by atoms with van der Waals surface area (Å²) in [6.07, 6.45) is 0. The van der Waals surface area contributed by atoms with Gasteiger partial charge in [0.2, 0.25) is 0 Å². The van der Waals surface area contributed by atoms with Crippen LogP contribution in [-0.2, 0) is 0 Å². The molecule has 0 atom stereocenters. The normalized spacial score (nSPS) is 14.9. The summed E-state index contributed by atoms with van der Waals surface area (Å²) in [5, 5.41) is 8.90. The lowest BCUT2D eigenvalue weighted by atomic mass is 9.91. The summed E-state index contributed by atoms with van der Waals surface area (Å²) in [5.74, 6) is -2.90. The van der Waals surface area contributed by atoms with Crippen molar-refractivity contribution in [1.29, 1.82) is 0 Å². The zero-order chi connectivity index (χ0) is 15.0. The van der Waals surface area contributed by atoms with E-state index >= 15 is 0 Å². The van der Waals surface area contributed by atoms with Crippen molar-refractivity contribution in [2.45, 2.75) is 5.92 Å². The molecule has 108 valence electrons. The number of benzene rings is 2. The summed E-state index contributed by atoms with van der Waals surface area (Å²) in [6, 6.07) is 11.5. The van der Waals surface area contributed by atoms with Gasteiger partial charge in [0.1, 0.15) is 11.6 Å². The lowest BCUT2D eigenvalue weighted by Crippen LogP contribution is -2.45. The second kappa shape index (κ2) is 5.16. The molecule has 0 aliphatic carbocycles. The number of hydrogen-bond acceptors (Lipinski definition) is 2. The number of hydrogen-bond donors (Lipinski definition) is 1. The summed E-state index contributed by atoms with van der Waals surface area (Å²) in [4.78, 5) is 12.6. The summed E-state index contributed by atoms with van der Waals surface area (Å²) >= 11 is 0. The predicted molar refractivity (Wildman–Crippen MR) is 74.7 cm³/mol. The predicted octanol–water partition coefficient (Wildman–Crippen LogP) is 3.27. The fourth-order valence-corrected chi connectivity index (χ4v) is 2.56. The van der Waals surface area contributed by atoms with Crippen LogP contribution in [0.3, 0.4) is 0 Å². The van der Waals surface area contributed by atoms with Crippen LogP contribution in [0.1, 0.15) is 21.8 Å². The van der Waals surface area contributed by atoms with Gasteiger partial charge in [-0.25, -0.2) is 13.6 Å². The van der Waals surface area contributed by atoms with E-state index in [-0.39, 0.29) is 11.6 Å². The fraction of sp³-hybridized carbons (Fsp3) is 0.188. The van der Waals surface area contributed by atoms with Gasteiger partial charge in [0.15, 0.2) is 0 Å². The van der Waals surface area contributed by atoms with Crippen molar-refractivity contribution in [3.05, 3.63) is 65.2 Å². The third-order valence-corrected chi connectivity index (χ3v) is 3.76. The van der Waals surface area contributed by atoms with Crippen molar-refractivity contribution in [1.82, 2.24) is 0 Å². The second-order valence-electron chi connectivity index (χ2n) is 5.10. The van der Waals surface area contributed by atoms with Crippen molar-refractivity contribution in [3.8, 4) is 0 Å². The van der Waals surface area contributed by atoms with Crippen molar-refractivity contribution in [2.24, 2.45) is 0 Å². The maximum atomic E-state index is 13.8. The van der Waals surface area contributed by atoms with Crippen LogP contribution in [0.5, 0.6) is 0 Å². The van der Waals surface area contributed by atoms with E-state index in [1.807, 2.05) is 30.3 Å². The van der Waals surface area contributed by atoms with Crippen molar-refractivity contribution in [2.75, 3.05) is 18.0 Å². The average Bonchev–Trinajstić information content (AvgIpc) is 2.40. The van der Waals surface area contributed by atoms with Gasteiger partial charge in [0, 0.05) is 25.1 Å². The molecule has 1 heterocycles. The monoisotopic (exact) mass is 289 g/mol. The molecule has 3 rings (SSSR count). The van der Waals surface area contributed by atoms with Crippen molar-refractivity contribution in [3.63, 3.8) is 0 Å². The number of aromatic carboxylic acids is 1. The molecule has 1 N–H and O–H groups in total. The number of carboxylic acid groups (broad SMARTS) is 1. The molecule has 1 aliphatic rings. The Hall–Kier alpha value is -2.43. The number of carboxylic acids is 1. The van der Waals surface area contributed by atoms with Gasteiger partial charge in [0.05, 0.1) is 11.3 Å². The Morgan fingerprint density at radius 2 is 1.76 bits per heavy atom. The fourth-order valence-electron chi connectivity index (χ4n) is 2.56. The summed E-state index contributed by atoms with van der Waals surface area (Å²) in [5.41, 5.74) is 0.797. The minimum Gasteiger partial charge on any atom is -0.478 e. The van der Waals surface area contributed by atoms with Crippen LogP contribution in [0.4, 0.5) is 14.5 Å². The van der Waals surface area contributed by atoms with Gasteiger partial charge < -0.3 is 10.0 Å². The quantitative estimate of drug-likeness (QED) is 0.942. The summed E-state index contributed by atoms with van der Waals surface area (Å²) < 4.78 is 27.2. The van der Waals surface area contributed by atoms with Gasteiger partial charge in [-0.2, -0.15) is 0 Å². The number of carbonyl (C=O) groups is 1. The van der Waals surface area contributed by atoms with E-state index in [0.29, 0.717) is 19.2 Å². The molecule has 1 fully saturated rings. The van der Waals surface area contributed by atoms with E-state index in [2.05, 4.69) is 0 Å². The SMILES string of the molecule is O=C(O)c1cc(N2CC(c3ccccc3)C2)c(F)cc1F. The minimum absolute atomic E-state index is 0.140. The summed E-state index contributed by atoms with van der Waals surface area (Å²) in [6.45, 7) is 1.18. The number of nitrogens with zero attached hydrogens (tertiary/aromatic N) is 1. The highest BCUT2D eigenvalue weighted by molar-refractivity contribution is 5.89. The van der Waals surface area contributed by atoms with Crippen LogP contribution in [0.25, 0.3) is 0 Å². The highest BCUT2D eigenvalue weighted by Gasteiger charge is 2.30. The van der Waals surface area contributed by atoms with Crippen molar-refractivity contribution < 1.29 is 18.7 Å². The molecule has 2 aromatic rings. The molecule has 0 radical (unpaired) electrons. The smallest absolute Gasteiger partial charge is 0.338 e. The van der Waals surface area contributed by atoms with E-state index in [9.17, 15) is 13.6 Å². The first-order valence-electron chi connectivity index (χ1n) is 6.58. The Labute approximate surface area is 120 Å². The first kappa shape index (κ1) is 13.5. The Balaban J connectivity index is 1.81. The van der Waals surface area contributed by atoms with E-state index in [4.69, 9.17) is 5.11 Å². The average molecular weight is 289 g/mol. The van der Waals surface area contributed by atoms with E-state index in [1.165, 1.54) is 0 Å². The Morgan fingerprint density at radius 1 is 1.10 bits per heavy atom. The first-order chi connectivity index (χ1) is 10.1. The molecule has 0 unspecified atom stereocenters. The molecule has 3 nitrogen and oxygen atoms in total. The zero-order valence-corrected chi connectivity index (χ0v) is 11.1. The van der Waals surface area contributed by atoms with Crippen LogP contribution in [0, 0.1) is 11.6 Å². The van der Waals surface area contributed by atoms with Gasteiger partial charge >= 0.3 is 5.97 Å². The Bertz CT molecular complexity index is 682. The molecule has 0 bridgehead atoms. The minimum atomic E-state index is -1.39. The molecule has 0 aromatic heterocycles. The van der Waals surface area contributed by atoms with Gasteiger partial charge in [-0.1, -0.05) is 30.3 Å². The van der Waals surface area contributed by atoms with Crippen LogP contribution >= 0.6 is 0 Å². The molecule has 1 aliphatic heterocycles. The first-order valence-corrected chi connectivity index (χ1v) is 6.58. The Kier molecular flexibility index (Phi) is 3.33. The molecular formula is C16H13F2NO2. The van der Waals surface area contributed by atoms with Gasteiger partial charge in [-0.3, -0.25) is 0 Å². The topological polar surface area (TPSA) is 40.5 Å². The van der Waals surface area contributed by atoms with E-state index in [0.717, 1.165) is 11.6 Å². The molecule has 0 amide bonds. The molecule has 1 saturated heterocycles. The third kappa shape index (κ3) is 2.46. The zero-order valence-electron chi connectivity index (χ0n) is 11.1. The lowest BCUT2D eigenvalue weighted by Gasteiger charge is -2.41. The maximum Gasteiger partial charge on any atom is 0.338 e. The molecule has 21 heavy (non-hydrogen) atoms. The molecular weight excluding hydrogens is 276 g/mol. The highest BCUT2D eigenvalue weighted by atomic mass is 19.1. The van der Waals surface area contributed by atoms with Crippen LogP contribution < -0.4 is 4.90 Å². The van der Waals surface area contributed by atoms with Crippen molar-refractivity contribution >= 4 is 11.7 Å². The molecule has 5 heteroatoms. The van der Waals surface area contributed by atoms with E-state index < -0.39 is 23.2 Å². The second-order valence-corrected chi connectivity index (χ2v) is 5.10. The highest BCUT2D eigenvalue weighted by Crippen LogP contribution is 2.34. The van der Waals surface area contributed by atoms with Gasteiger partial charge in [0.25, 0.3) is 0 Å². The number of rotatable bonds is 3. The molecule has 0 spiro atoms. The standard InChI is InChI=1S/C16H13F2NO2/c17-13-7-14(18)15(6-12(13)16(20)21)19-8-11(9-19)10-4-2-1-3-5-10/h1-7,11H,8-9H2,(H,20,21). The van der Waals surface area contributed by atoms with E-state index in [1.54, 1.807) is 4.90 Å².